The molecule has 0 spiro atoms. The van der Waals surface area contributed by atoms with Crippen LogP contribution in [-0.2, 0) is 14.3 Å². The summed E-state index contributed by atoms with van der Waals surface area (Å²) in [6.45, 7) is 0.726. The number of esters is 1. The standard InChI is InChI=1S/C20H22N2O4S2/c1-27-16-6-3-2-5-15(16)21-18(23)13-26-20(25)14-8-10-22(11-9-14)19(24)17-7-4-12-28-17/h2-7,12,14H,8-11,13H2,1H3,(H,21,23). The number of rotatable bonds is 6. The summed E-state index contributed by atoms with van der Waals surface area (Å²) in [4.78, 5) is 40.1. The molecule has 0 atom stereocenters. The SMILES string of the molecule is CSc1ccccc1NC(=O)COC(=O)C1CCN(C(=O)c2cccs2)CC1. The Balaban J connectivity index is 1.43. The molecule has 0 saturated carbocycles. The van der Waals surface area contributed by atoms with Crippen LogP contribution in [0.2, 0.25) is 0 Å². The van der Waals surface area contributed by atoms with Gasteiger partial charge in [-0.1, -0.05) is 18.2 Å². The monoisotopic (exact) mass is 418 g/mol. The third-order valence-electron chi connectivity index (χ3n) is 4.57. The molecular formula is C20H22N2O4S2. The number of benzene rings is 1. The van der Waals surface area contributed by atoms with Crippen LogP contribution in [-0.4, -0.2) is 48.6 Å². The van der Waals surface area contributed by atoms with Crippen LogP contribution in [0.3, 0.4) is 0 Å². The molecule has 6 nitrogen and oxygen atoms in total. The van der Waals surface area contributed by atoms with Gasteiger partial charge in [0, 0.05) is 18.0 Å². The smallest absolute Gasteiger partial charge is 0.309 e. The summed E-state index contributed by atoms with van der Waals surface area (Å²) in [6.07, 6.45) is 3.03. The molecule has 0 radical (unpaired) electrons. The number of ether oxygens (including phenoxy) is 1. The number of para-hydroxylation sites is 1. The summed E-state index contributed by atoms with van der Waals surface area (Å²) >= 11 is 2.95. The Bertz CT molecular complexity index is 830. The van der Waals surface area contributed by atoms with E-state index in [2.05, 4.69) is 5.32 Å². The van der Waals surface area contributed by atoms with E-state index in [9.17, 15) is 14.4 Å². The molecule has 1 N–H and O–H groups in total. The molecule has 148 valence electrons. The number of likely N-dealkylation sites (tertiary alicyclic amines) is 1. The summed E-state index contributed by atoms with van der Waals surface area (Å²) in [6, 6.07) is 11.1. The number of thioether (sulfide) groups is 1. The molecule has 0 bridgehead atoms. The summed E-state index contributed by atoms with van der Waals surface area (Å²) in [7, 11) is 0. The lowest BCUT2D eigenvalue weighted by Crippen LogP contribution is -2.40. The van der Waals surface area contributed by atoms with Crippen LogP contribution < -0.4 is 5.32 Å². The number of anilines is 1. The number of hydrogen-bond donors (Lipinski definition) is 1. The maximum atomic E-state index is 12.3. The Morgan fingerprint density at radius 3 is 2.61 bits per heavy atom. The van der Waals surface area contributed by atoms with Crippen LogP contribution in [0.1, 0.15) is 22.5 Å². The summed E-state index contributed by atoms with van der Waals surface area (Å²) < 4.78 is 5.20. The average Bonchev–Trinajstić information content (AvgIpc) is 3.27. The van der Waals surface area contributed by atoms with Gasteiger partial charge in [-0.25, -0.2) is 0 Å². The maximum Gasteiger partial charge on any atom is 0.309 e. The van der Waals surface area contributed by atoms with Crippen molar-refractivity contribution in [3.05, 3.63) is 46.7 Å². The van der Waals surface area contributed by atoms with E-state index < -0.39 is 0 Å². The van der Waals surface area contributed by atoms with Crippen molar-refractivity contribution in [2.45, 2.75) is 17.7 Å². The van der Waals surface area contributed by atoms with Crippen LogP contribution >= 0.6 is 23.1 Å². The van der Waals surface area contributed by atoms with Crippen molar-refractivity contribution in [2.75, 3.05) is 31.3 Å². The van der Waals surface area contributed by atoms with Crippen molar-refractivity contribution in [3.8, 4) is 0 Å². The molecule has 1 saturated heterocycles. The van der Waals surface area contributed by atoms with Crippen LogP contribution in [0, 0.1) is 5.92 Å². The Labute approximate surface area is 172 Å². The number of carbonyl (C=O) groups is 3. The zero-order chi connectivity index (χ0) is 19.9. The number of hydrogen-bond acceptors (Lipinski definition) is 6. The predicted octanol–water partition coefficient (Wildman–Crippen LogP) is 3.50. The normalized spacial score (nSPS) is 14.5. The summed E-state index contributed by atoms with van der Waals surface area (Å²) in [5.41, 5.74) is 0.705. The van der Waals surface area contributed by atoms with E-state index in [-0.39, 0.29) is 30.3 Å². The van der Waals surface area contributed by atoms with Gasteiger partial charge in [-0.2, -0.15) is 0 Å². The second kappa shape index (κ2) is 9.75. The molecule has 1 aliphatic rings. The van der Waals surface area contributed by atoms with E-state index in [0.29, 0.717) is 36.5 Å². The first kappa shape index (κ1) is 20.4. The molecule has 0 aliphatic carbocycles. The van der Waals surface area contributed by atoms with Gasteiger partial charge >= 0.3 is 5.97 Å². The van der Waals surface area contributed by atoms with Gasteiger partial charge in [0.15, 0.2) is 6.61 Å². The number of nitrogens with zero attached hydrogens (tertiary/aromatic N) is 1. The summed E-state index contributed by atoms with van der Waals surface area (Å²) in [5, 5.41) is 4.64. The molecule has 28 heavy (non-hydrogen) atoms. The Morgan fingerprint density at radius 2 is 1.93 bits per heavy atom. The fourth-order valence-electron chi connectivity index (χ4n) is 3.06. The largest absolute Gasteiger partial charge is 0.455 e. The molecule has 1 fully saturated rings. The van der Waals surface area contributed by atoms with Crippen molar-refractivity contribution in [3.63, 3.8) is 0 Å². The summed E-state index contributed by atoms with van der Waals surface area (Å²) in [5.74, 6) is -1.01. The highest BCUT2D eigenvalue weighted by atomic mass is 32.2. The van der Waals surface area contributed by atoms with Gasteiger partial charge in [-0.15, -0.1) is 23.1 Å². The lowest BCUT2D eigenvalue weighted by atomic mass is 9.97. The van der Waals surface area contributed by atoms with Gasteiger partial charge in [0.2, 0.25) is 0 Å². The third-order valence-corrected chi connectivity index (χ3v) is 6.23. The molecule has 8 heteroatoms. The molecule has 3 rings (SSSR count). The van der Waals surface area contributed by atoms with Crippen molar-refractivity contribution >= 4 is 46.6 Å². The maximum absolute atomic E-state index is 12.3. The Hall–Kier alpha value is -2.32. The van der Waals surface area contributed by atoms with E-state index in [1.54, 1.807) is 11.0 Å². The zero-order valence-corrected chi connectivity index (χ0v) is 17.2. The minimum atomic E-state index is -0.378. The van der Waals surface area contributed by atoms with Gasteiger partial charge in [0.25, 0.3) is 11.8 Å². The van der Waals surface area contributed by atoms with Gasteiger partial charge < -0.3 is 15.0 Å². The Morgan fingerprint density at radius 1 is 1.18 bits per heavy atom. The van der Waals surface area contributed by atoms with E-state index >= 15 is 0 Å². The fraction of sp³-hybridized carbons (Fsp3) is 0.350. The van der Waals surface area contributed by atoms with E-state index in [1.807, 2.05) is 42.0 Å². The first-order valence-electron chi connectivity index (χ1n) is 9.00. The van der Waals surface area contributed by atoms with E-state index in [0.717, 1.165) is 4.90 Å². The molecule has 1 aromatic heterocycles. The lowest BCUT2D eigenvalue weighted by Gasteiger charge is -2.30. The molecular weight excluding hydrogens is 396 g/mol. The highest BCUT2D eigenvalue weighted by molar-refractivity contribution is 7.98. The second-order valence-corrected chi connectivity index (χ2v) is 8.20. The molecule has 1 aromatic carbocycles. The van der Waals surface area contributed by atoms with Crippen molar-refractivity contribution in [2.24, 2.45) is 5.92 Å². The second-order valence-electron chi connectivity index (χ2n) is 6.40. The van der Waals surface area contributed by atoms with Gasteiger partial charge in [-0.3, -0.25) is 14.4 Å². The quantitative estimate of drug-likeness (QED) is 0.574. The van der Waals surface area contributed by atoms with Crippen molar-refractivity contribution in [1.82, 2.24) is 4.90 Å². The van der Waals surface area contributed by atoms with E-state index in [4.69, 9.17) is 4.74 Å². The van der Waals surface area contributed by atoms with Crippen LogP contribution in [0.4, 0.5) is 5.69 Å². The van der Waals surface area contributed by atoms with E-state index in [1.165, 1.54) is 23.1 Å². The van der Waals surface area contributed by atoms with Crippen LogP contribution in [0.25, 0.3) is 0 Å². The van der Waals surface area contributed by atoms with Crippen LogP contribution in [0.5, 0.6) is 0 Å². The minimum absolute atomic E-state index is 0.00801. The molecule has 2 heterocycles. The number of carbonyl (C=O) groups excluding carboxylic acids is 3. The van der Waals surface area contributed by atoms with Crippen LogP contribution in [0.15, 0.2) is 46.7 Å². The minimum Gasteiger partial charge on any atom is -0.455 e. The fourth-order valence-corrected chi connectivity index (χ4v) is 4.31. The predicted molar refractivity (Wildman–Crippen MR) is 111 cm³/mol. The number of amides is 2. The Kier molecular flexibility index (Phi) is 7.11. The van der Waals surface area contributed by atoms with Gasteiger partial charge in [-0.05, 0) is 42.7 Å². The molecule has 1 aliphatic heterocycles. The van der Waals surface area contributed by atoms with Gasteiger partial charge in [0.05, 0.1) is 16.5 Å². The molecule has 2 aromatic rings. The van der Waals surface area contributed by atoms with Crippen molar-refractivity contribution in [1.29, 1.82) is 0 Å². The number of nitrogens with one attached hydrogen (secondary N) is 1. The third kappa shape index (κ3) is 5.14. The average molecular weight is 419 g/mol. The zero-order valence-electron chi connectivity index (χ0n) is 15.6. The number of piperidine rings is 1. The first-order valence-corrected chi connectivity index (χ1v) is 11.1. The number of thiophene rings is 1. The molecule has 0 unspecified atom stereocenters. The highest BCUT2D eigenvalue weighted by Crippen LogP contribution is 2.25. The molecule has 2 amide bonds. The van der Waals surface area contributed by atoms with Crippen molar-refractivity contribution < 1.29 is 19.1 Å². The topological polar surface area (TPSA) is 75.7 Å². The highest BCUT2D eigenvalue weighted by Gasteiger charge is 2.29. The van der Waals surface area contributed by atoms with Gasteiger partial charge in [0.1, 0.15) is 0 Å². The first-order chi connectivity index (χ1) is 13.6. The lowest BCUT2D eigenvalue weighted by molar-refractivity contribution is -0.152.